The second-order valence-corrected chi connectivity index (χ2v) is 4.65. The average Bonchev–Trinajstić information content (AvgIpc) is 2.26. The topological polar surface area (TPSA) is 37.4 Å². The number of aromatic nitrogens is 1. The van der Waals surface area contributed by atoms with Crippen LogP contribution in [0.2, 0.25) is 0 Å². The van der Waals surface area contributed by atoms with E-state index in [9.17, 15) is 0 Å². The van der Waals surface area contributed by atoms with Crippen molar-refractivity contribution < 1.29 is 4.74 Å². The van der Waals surface area contributed by atoms with Gasteiger partial charge in [0.2, 0.25) is 5.88 Å². The highest BCUT2D eigenvalue weighted by Crippen LogP contribution is 2.07. The van der Waals surface area contributed by atoms with Crippen LogP contribution in [0.4, 0.5) is 0 Å². The van der Waals surface area contributed by atoms with Crippen molar-refractivity contribution in [2.75, 3.05) is 27.2 Å². The monoisotopic (exact) mass is 237 g/mol. The lowest BCUT2D eigenvalue weighted by Crippen LogP contribution is -2.22. The summed E-state index contributed by atoms with van der Waals surface area (Å²) in [6.07, 6.45) is 0. The number of hydrogen-bond donors (Lipinski definition) is 1. The number of likely N-dealkylation sites (N-methyl/N-ethyl adjacent to an activating group) is 1. The first-order valence-corrected chi connectivity index (χ1v) is 6.05. The molecule has 0 bridgehead atoms. The molecule has 1 rings (SSSR count). The Kier molecular flexibility index (Phi) is 5.94. The molecule has 0 fully saturated rings. The van der Waals surface area contributed by atoms with Crippen molar-refractivity contribution in [1.29, 1.82) is 0 Å². The van der Waals surface area contributed by atoms with Crippen LogP contribution < -0.4 is 10.1 Å². The van der Waals surface area contributed by atoms with Gasteiger partial charge in [-0.3, -0.25) is 0 Å². The summed E-state index contributed by atoms with van der Waals surface area (Å²) in [5.41, 5.74) is 1.01. The average molecular weight is 237 g/mol. The second-order valence-electron chi connectivity index (χ2n) is 4.65. The molecule has 1 N–H and O–H groups in total. The highest BCUT2D eigenvalue weighted by molar-refractivity contribution is 5.15. The molecule has 1 aromatic heterocycles. The number of nitrogens with one attached hydrogen (secondary N) is 1. The van der Waals surface area contributed by atoms with Crippen molar-refractivity contribution in [2.24, 2.45) is 0 Å². The molecular weight excluding hydrogens is 214 g/mol. The second kappa shape index (κ2) is 7.25. The molecule has 0 atom stereocenters. The van der Waals surface area contributed by atoms with Gasteiger partial charge in [0.05, 0.1) is 5.69 Å². The molecule has 0 saturated carbocycles. The Morgan fingerprint density at radius 1 is 1.35 bits per heavy atom. The first kappa shape index (κ1) is 13.9. The normalized spacial score (nSPS) is 11.2. The Bertz CT molecular complexity index is 326. The van der Waals surface area contributed by atoms with E-state index in [0.717, 1.165) is 18.8 Å². The predicted molar refractivity (Wildman–Crippen MR) is 70.3 cm³/mol. The van der Waals surface area contributed by atoms with Crippen molar-refractivity contribution in [3.05, 3.63) is 23.9 Å². The number of hydrogen-bond acceptors (Lipinski definition) is 4. The van der Waals surface area contributed by atoms with E-state index in [1.807, 2.05) is 32.3 Å². The Labute approximate surface area is 104 Å². The van der Waals surface area contributed by atoms with Gasteiger partial charge in [-0.25, -0.2) is 4.98 Å². The fourth-order valence-electron chi connectivity index (χ4n) is 1.28. The molecule has 17 heavy (non-hydrogen) atoms. The highest BCUT2D eigenvalue weighted by Gasteiger charge is 2.00. The Balaban J connectivity index is 2.42. The number of pyridine rings is 1. The molecule has 4 nitrogen and oxygen atoms in total. The van der Waals surface area contributed by atoms with Crippen LogP contribution in [0, 0.1) is 0 Å². The minimum Gasteiger partial charge on any atom is -0.476 e. The van der Waals surface area contributed by atoms with Crippen molar-refractivity contribution >= 4 is 0 Å². The highest BCUT2D eigenvalue weighted by atomic mass is 16.5. The molecule has 0 spiro atoms. The van der Waals surface area contributed by atoms with Crippen LogP contribution in [0.25, 0.3) is 0 Å². The van der Waals surface area contributed by atoms with Crippen molar-refractivity contribution in [3.8, 4) is 5.88 Å². The van der Waals surface area contributed by atoms with Crippen LogP contribution >= 0.6 is 0 Å². The zero-order valence-corrected chi connectivity index (χ0v) is 11.2. The Morgan fingerprint density at radius 2 is 2.12 bits per heavy atom. The zero-order valence-electron chi connectivity index (χ0n) is 11.2. The third kappa shape index (κ3) is 6.24. The third-order valence-corrected chi connectivity index (χ3v) is 2.26. The molecule has 0 aromatic carbocycles. The van der Waals surface area contributed by atoms with E-state index in [2.05, 4.69) is 29.0 Å². The van der Waals surface area contributed by atoms with Crippen molar-refractivity contribution in [3.63, 3.8) is 0 Å². The summed E-state index contributed by atoms with van der Waals surface area (Å²) in [6.45, 7) is 6.59. The molecule has 96 valence electrons. The molecule has 0 unspecified atom stereocenters. The molecule has 1 aromatic rings. The Morgan fingerprint density at radius 3 is 2.76 bits per heavy atom. The van der Waals surface area contributed by atoms with Gasteiger partial charge in [-0.05, 0) is 20.2 Å². The lowest BCUT2D eigenvalue weighted by molar-refractivity contribution is 0.253. The van der Waals surface area contributed by atoms with Gasteiger partial charge in [0.15, 0.2) is 0 Å². The zero-order chi connectivity index (χ0) is 12.7. The van der Waals surface area contributed by atoms with Crippen LogP contribution in [-0.4, -0.2) is 43.2 Å². The maximum Gasteiger partial charge on any atom is 0.213 e. The lowest BCUT2D eigenvalue weighted by Gasteiger charge is -2.11. The minimum absolute atomic E-state index is 0.468. The van der Waals surface area contributed by atoms with Crippen molar-refractivity contribution in [1.82, 2.24) is 15.2 Å². The van der Waals surface area contributed by atoms with Gasteiger partial charge in [0.25, 0.3) is 0 Å². The summed E-state index contributed by atoms with van der Waals surface area (Å²) >= 11 is 0. The summed E-state index contributed by atoms with van der Waals surface area (Å²) in [5, 5.41) is 3.34. The van der Waals surface area contributed by atoms with E-state index in [1.54, 1.807) is 0 Å². The van der Waals surface area contributed by atoms with Gasteiger partial charge in [-0.2, -0.15) is 0 Å². The van der Waals surface area contributed by atoms with E-state index in [4.69, 9.17) is 4.74 Å². The van der Waals surface area contributed by atoms with Gasteiger partial charge in [0.1, 0.15) is 6.61 Å². The van der Waals surface area contributed by atoms with Gasteiger partial charge < -0.3 is 15.0 Å². The summed E-state index contributed by atoms with van der Waals surface area (Å²) in [4.78, 5) is 6.53. The van der Waals surface area contributed by atoms with E-state index in [1.165, 1.54) is 0 Å². The molecule has 4 heteroatoms. The third-order valence-electron chi connectivity index (χ3n) is 2.26. The molecule has 0 amide bonds. The van der Waals surface area contributed by atoms with Crippen LogP contribution in [-0.2, 0) is 6.54 Å². The summed E-state index contributed by atoms with van der Waals surface area (Å²) in [5.74, 6) is 0.704. The first-order chi connectivity index (χ1) is 8.08. The predicted octanol–water partition coefficient (Wildman–Crippen LogP) is 1.52. The van der Waals surface area contributed by atoms with Gasteiger partial charge >= 0.3 is 0 Å². The first-order valence-electron chi connectivity index (χ1n) is 6.05. The number of nitrogens with zero attached hydrogens (tertiary/aromatic N) is 2. The molecule has 1 heterocycles. The molecular formula is C13H23N3O. The van der Waals surface area contributed by atoms with Gasteiger partial charge in [-0.1, -0.05) is 19.9 Å². The van der Waals surface area contributed by atoms with Crippen LogP contribution in [0.5, 0.6) is 5.88 Å². The fraction of sp³-hybridized carbons (Fsp3) is 0.615. The number of rotatable bonds is 7. The summed E-state index contributed by atoms with van der Waals surface area (Å²) in [7, 11) is 4.06. The quantitative estimate of drug-likeness (QED) is 0.780. The van der Waals surface area contributed by atoms with Gasteiger partial charge in [0, 0.05) is 25.2 Å². The maximum atomic E-state index is 5.58. The van der Waals surface area contributed by atoms with E-state index in [0.29, 0.717) is 18.5 Å². The lowest BCUT2D eigenvalue weighted by atomic mass is 10.3. The molecule has 0 radical (unpaired) electrons. The van der Waals surface area contributed by atoms with Crippen LogP contribution in [0.15, 0.2) is 18.2 Å². The smallest absolute Gasteiger partial charge is 0.213 e. The van der Waals surface area contributed by atoms with E-state index in [-0.39, 0.29) is 0 Å². The van der Waals surface area contributed by atoms with Crippen molar-refractivity contribution in [2.45, 2.75) is 26.4 Å². The summed E-state index contributed by atoms with van der Waals surface area (Å²) in [6, 6.07) is 6.35. The maximum absolute atomic E-state index is 5.58. The van der Waals surface area contributed by atoms with E-state index < -0.39 is 0 Å². The molecule has 0 aliphatic carbocycles. The standard InChI is InChI=1S/C13H23N3O/c1-11(2)14-10-12-6-5-7-13(15-12)17-9-8-16(3)4/h5-7,11,14H,8-10H2,1-4H3. The SMILES string of the molecule is CC(C)NCc1cccc(OCCN(C)C)n1. The summed E-state index contributed by atoms with van der Waals surface area (Å²) < 4.78 is 5.58. The number of ether oxygens (including phenoxy) is 1. The molecule has 0 aliphatic rings. The van der Waals surface area contributed by atoms with Crippen LogP contribution in [0.1, 0.15) is 19.5 Å². The molecule has 0 saturated heterocycles. The largest absolute Gasteiger partial charge is 0.476 e. The van der Waals surface area contributed by atoms with E-state index >= 15 is 0 Å². The molecule has 0 aliphatic heterocycles. The van der Waals surface area contributed by atoms with Crippen LogP contribution in [0.3, 0.4) is 0 Å². The van der Waals surface area contributed by atoms with Gasteiger partial charge in [-0.15, -0.1) is 0 Å². The minimum atomic E-state index is 0.468. The fourth-order valence-corrected chi connectivity index (χ4v) is 1.28. The Hall–Kier alpha value is -1.13.